The SMILES string of the molecule is CC1(CCc2ccccc2)NC(=O)N(NC(=O)c2ccc3n[nH]nc3c2)C1=O. The summed E-state index contributed by atoms with van der Waals surface area (Å²) >= 11 is 0. The highest BCUT2D eigenvalue weighted by atomic mass is 16.2. The zero-order valence-electron chi connectivity index (χ0n) is 15.1. The van der Waals surface area contributed by atoms with Crippen LogP contribution in [0.3, 0.4) is 0 Å². The molecule has 1 fully saturated rings. The van der Waals surface area contributed by atoms with Crippen LogP contribution in [0.5, 0.6) is 0 Å². The number of nitrogens with one attached hydrogen (secondary N) is 3. The van der Waals surface area contributed by atoms with Crippen LogP contribution in [0, 0.1) is 0 Å². The molecule has 4 rings (SSSR count). The number of aromatic nitrogens is 3. The Kier molecular flexibility index (Phi) is 4.26. The fourth-order valence-electron chi connectivity index (χ4n) is 3.14. The van der Waals surface area contributed by atoms with Crippen molar-refractivity contribution in [2.75, 3.05) is 0 Å². The summed E-state index contributed by atoms with van der Waals surface area (Å²) in [4.78, 5) is 37.6. The Morgan fingerprint density at radius 3 is 2.64 bits per heavy atom. The number of hydrogen-bond donors (Lipinski definition) is 3. The molecule has 4 amide bonds. The minimum Gasteiger partial charge on any atom is -0.322 e. The molecule has 28 heavy (non-hydrogen) atoms. The zero-order chi connectivity index (χ0) is 19.7. The van der Waals surface area contributed by atoms with E-state index in [1.807, 2.05) is 30.3 Å². The summed E-state index contributed by atoms with van der Waals surface area (Å²) in [7, 11) is 0. The number of fused-ring (bicyclic) bond motifs is 1. The minimum atomic E-state index is -1.09. The molecular weight excluding hydrogens is 360 g/mol. The van der Waals surface area contributed by atoms with Crippen molar-refractivity contribution in [3.8, 4) is 0 Å². The maximum absolute atomic E-state index is 12.8. The number of hydrazine groups is 1. The van der Waals surface area contributed by atoms with Crippen molar-refractivity contribution in [2.45, 2.75) is 25.3 Å². The molecule has 142 valence electrons. The predicted molar refractivity (Wildman–Crippen MR) is 99.9 cm³/mol. The molecule has 1 aromatic heterocycles. The van der Waals surface area contributed by atoms with Crippen LogP contribution in [0.4, 0.5) is 4.79 Å². The van der Waals surface area contributed by atoms with Crippen LogP contribution in [0.1, 0.15) is 29.3 Å². The number of aryl methyl sites for hydroxylation is 1. The molecule has 2 aromatic carbocycles. The lowest BCUT2D eigenvalue weighted by atomic mass is 9.93. The summed E-state index contributed by atoms with van der Waals surface area (Å²) < 4.78 is 0. The van der Waals surface area contributed by atoms with Gasteiger partial charge < -0.3 is 5.32 Å². The molecule has 0 spiro atoms. The van der Waals surface area contributed by atoms with Crippen molar-refractivity contribution in [3.63, 3.8) is 0 Å². The topological polar surface area (TPSA) is 120 Å². The lowest BCUT2D eigenvalue weighted by Gasteiger charge is -2.21. The summed E-state index contributed by atoms with van der Waals surface area (Å²) in [5.74, 6) is -1.08. The van der Waals surface area contributed by atoms with Crippen LogP contribution >= 0.6 is 0 Å². The van der Waals surface area contributed by atoms with E-state index in [2.05, 4.69) is 26.2 Å². The first-order valence-corrected chi connectivity index (χ1v) is 8.78. The van der Waals surface area contributed by atoms with Gasteiger partial charge in [0.05, 0.1) is 0 Å². The standard InChI is InChI=1S/C19H18N6O3/c1-19(10-9-12-5-3-2-4-6-12)17(27)25(18(28)20-19)23-16(26)13-7-8-14-15(11-13)22-24-21-14/h2-8,11H,9-10H2,1H3,(H,20,28)(H,23,26)(H,21,22,24). The average molecular weight is 378 g/mol. The van der Waals surface area contributed by atoms with Crippen molar-refractivity contribution in [1.82, 2.24) is 31.2 Å². The molecule has 0 saturated carbocycles. The van der Waals surface area contributed by atoms with Crippen molar-refractivity contribution in [2.24, 2.45) is 0 Å². The van der Waals surface area contributed by atoms with Crippen molar-refractivity contribution >= 4 is 28.9 Å². The van der Waals surface area contributed by atoms with Gasteiger partial charge in [0.15, 0.2) is 0 Å². The summed E-state index contributed by atoms with van der Waals surface area (Å²) in [6.45, 7) is 1.66. The first-order valence-electron chi connectivity index (χ1n) is 8.78. The number of nitrogens with zero attached hydrogens (tertiary/aromatic N) is 3. The van der Waals surface area contributed by atoms with Crippen LogP contribution in [-0.4, -0.2) is 43.8 Å². The van der Waals surface area contributed by atoms with E-state index < -0.39 is 23.4 Å². The van der Waals surface area contributed by atoms with Crippen molar-refractivity contribution in [1.29, 1.82) is 0 Å². The highest BCUT2D eigenvalue weighted by molar-refractivity contribution is 6.09. The number of carbonyl (C=O) groups is 3. The van der Waals surface area contributed by atoms with E-state index in [1.54, 1.807) is 19.1 Å². The molecule has 1 aliphatic heterocycles. The van der Waals surface area contributed by atoms with E-state index in [-0.39, 0.29) is 5.56 Å². The molecule has 9 nitrogen and oxygen atoms in total. The number of hydrogen-bond acceptors (Lipinski definition) is 5. The molecule has 1 saturated heterocycles. The molecular formula is C19H18N6O3. The zero-order valence-corrected chi connectivity index (χ0v) is 15.1. The van der Waals surface area contributed by atoms with Crippen molar-refractivity contribution < 1.29 is 14.4 Å². The summed E-state index contributed by atoms with van der Waals surface area (Å²) in [6, 6.07) is 13.7. The molecule has 1 unspecified atom stereocenters. The van der Waals surface area contributed by atoms with Gasteiger partial charge in [0, 0.05) is 5.56 Å². The van der Waals surface area contributed by atoms with Crippen LogP contribution in [0.2, 0.25) is 0 Å². The Hall–Kier alpha value is -3.75. The van der Waals surface area contributed by atoms with E-state index in [9.17, 15) is 14.4 Å². The number of amides is 4. The average Bonchev–Trinajstić information content (AvgIpc) is 3.25. The monoisotopic (exact) mass is 378 g/mol. The molecule has 3 aromatic rings. The molecule has 0 aliphatic carbocycles. The summed E-state index contributed by atoms with van der Waals surface area (Å²) in [6.07, 6.45) is 1.03. The quantitative estimate of drug-likeness (QED) is 0.582. The number of rotatable bonds is 5. The van der Waals surface area contributed by atoms with Gasteiger partial charge in [0.1, 0.15) is 16.6 Å². The van der Waals surface area contributed by atoms with Crippen LogP contribution in [0.25, 0.3) is 11.0 Å². The van der Waals surface area contributed by atoms with E-state index in [4.69, 9.17) is 0 Å². The molecule has 0 bridgehead atoms. The van der Waals surface area contributed by atoms with Gasteiger partial charge in [-0.2, -0.15) is 20.4 Å². The van der Waals surface area contributed by atoms with E-state index in [1.165, 1.54) is 6.07 Å². The number of H-pyrrole nitrogens is 1. The summed E-state index contributed by atoms with van der Waals surface area (Å²) in [5, 5.41) is 13.7. The highest BCUT2D eigenvalue weighted by Crippen LogP contribution is 2.22. The Morgan fingerprint density at radius 1 is 1.11 bits per heavy atom. The highest BCUT2D eigenvalue weighted by Gasteiger charge is 2.48. The number of aromatic amines is 1. The van der Waals surface area contributed by atoms with Crippen LogP contribution < -0.4 is 10.7 Å². The number of urea groups is 1. The smallest absolute Gasteiger partial charge is 0.322 e. The van der Waals surface area contributed by atoms with Gasteiger partial charge in [-0.05, 0) is 43.5 Å². The first-order chi connectivity index (χ1) is 13.5. The first kappa shape index (κ1) is 17.7. The van der Waals surface area contributed by atoms with Gasteiger partial charge in [0.2, 0.25) is 0 Å². The number of imide groups is 1. The second-order valence-electron chi connectivity index (χ2n) is 6.86. The van der Waals surface area contributed by atoms with Crippen molar-refractivity contribution in [3.05, 3.63) is 59.7 Å². The molecule has 9 heteroatoms. The second kappa shape index (κ2) is 6.76. The Morgan fingerprint density at radius 2 is 1.86 bits per heavy atom. The second-order valence-corrected chi connectivity index (χ2v) is 6.86. The largest absolute Gasteiger partial charge is 0.344 e. The molecule has 1 atom stereocenters. The van der Waals surface area contributed by atoms with Gasteiger partial charge in [-0.25, -0.2) is 4.79 Å². The molecule has 0 radical (unpaired) electrons. The van der Waals surface area contributed by atoms with E-state index in [0.29, 0.717) is 23.9 Å². The lowest BCUT2D eigenvalue weighted by molar-refractivity contribution is -0.132. The Bertz CT molecular complexity index is 1060. The molecule has 1 aliphatic rings. The molecule has 3 N–H and O–H groups in total. The number of carbonyl (C=O) groups excluding carboxylic acids is 3. The van der Waals surface area contributed by atoms with Gasteiger partial charge in [-0.3, -0.25) is 15.0 Å². The minimum absolute atomic E-state index is 0.264. The van der Waals surface area contributed by atoms with Gasteiger partial charge in [-0.15, -0.1) is 0 Å². The van der Waals surface area contributed by atoms with Gasteiger partial charge in [-0.1, -0.05) is 30.3 Å². The normalized spacial score (nSPS) is 19.1. The van der Waals surface area contributed by atoms with Crippen LogP contribution in [0.15, 0.2) is 48.5 Å². The predicted octanol–water partition coefficient (Wildman–Crippen LogP) is 1.55. The number of benzene rings is 2. The fourth-order valence-corrected chi connectivity index (χ4v) is 3.14. The lowest BCUT2D eigenvalue weighted by Crippen LogP contribution is -2.48. The van der Waals surface area contributed by atoms with E-state index >= 15 is 0 Å². The maximum atomic E-state index is 12.8. The third-order valence-electron chi connectivity index (χ3n) is 4.81. The van der Waals surface area contributed by atoms with Gasteiger partial charge >= 0.3 is 6.03 Å². The fraction of sp³-hybridized carbons (Fsp3) is 0.211. The Labute approximate surface area is 160 Å². The molecule has 2 heterocycles. The Balaban J connectivity index is 1.46. The van der Waals surface area contributed by atoms with E-state index in [0.717, 1.165) is 10.6 Å². The maximum Gasteiger partial charge on any atom is 0.344 e. The third-order valence-corrected chi connectivity index (χ3v) is 4.81. The summed E-state index contributed by atoms with van der Waals surface area (Å²) in [5.41, 5.74) is 3.74. The van der Waals surface area contributed by atoms with Crippen LogP contribution in [-0.2, 0) is 11.2 Å². The van der Waals surface area contributed by atoms with Gasteiger partial charge in [0.25, 0.3) is 11.8 Å². The third kappa shape index (κ3) is 3.18.